The molecule has 2 rings (SSSR count). The van der Waals surface area contributed by atoms with Crippen LogP contribution in [0.3, 0.4) is 0 Å². The molecule has 0 aliphatic carbocycles. The Kier molecular flexibility index (Phi) is 8.86. The van der Waals surface area contributed by atoms with E-state index in [2.05, 4.69) is 27.1 Å². The lowest BCUT2D eigenvalue weighted by Crippen LogP contribution is -2.38. The van der Waals surface area contributed by atoms with Crippen LogP contribution < -0.4 is 5.32 Å². The van der Waals surface area contributed by atoms with Crippen molar-refractivity contribution >= 4 is 52.9 Å². The number of aromatic nitrogens is 1. The van der Waals surface area contributed by atoms with E-state index >= 15 is 0 Å². The number of nitrogens with zero attached hydrogens (tertiary/aromatic N) is 3. The van der Waals surface area contributed by atoms with E-state index in [1.165, 1.54) is 4.88 Å². The molecule has 0 atom stereocenters. The lowest BCUT2D eigenvalue weighted by molar-refractivity contribution is 0.477. The van der Waals surface area contributed by atoms with Crippen molar-refractivity contribution in [2.45, 2.75) is 26.9 Å². The van der Waals surface area contributed by atoms with Crippen molar-refractivity contribution in [2.24, 2.45) is 4.99 Å². The second-order valence-electron chi connectivity index (χ2n) is 4.96. The van der Waals surface area contributed by atoms with Crippen LogP contribution in [0, 0.1) is 6.92 Å². The minimum Gasteiger partial charge on any atom is -0.357 e. The van der Waals surface area contributed by atoms with Gasteiger partial charge in [0.25, 0.3) is 0 Å². The number of guanidine groups is 1. The minimum atomic E-state index is 0. The number of hydrogen-bond donors (Lipinski definition) is 1. The Balaban J connectivity index is 0.00000264. The van der Waals surface area contributed by atoms with Gasteiger partial charge in [-0.2, -0.15) is 0 Å². The molecule has 2 aromatic rings. The second kappa shape index (κ2) is 10.1. The summed E-state index contributed by atoms with van der Waals surface area (Å²) in [6.45, 7) is 6.25. The molecule has 0 amide bonds. The SMILES string of the molecule is CCNC(=NCc1cnc(C)s1)N(C)Cc1ccccc1Cl.I. The van der Waals surface area contributed by atoms with Crippen molar-refractivity contribution in [3.8, 4) is 0 Å². The van der Waals surface area contributed by atoms with Crippen LogP contribution in [0.5, 0.6) is 0 Å². The smallest absolute Gasteiger partial charge is 0.194 e. The van der Waals surface area contributed by atoms with Crippen LogP contribution in [0.25, 0.3) is 0 Å². The molecule has 1 heterocycles. The van der Waals surface area contributed by atoms with Gasteiger partial charge in [0.1, 0.15) is 0 Å². The van der Waals surface area contributed by atoms with Crippen molar-refractivity contribution in [2.75, 3.05) is 13.6 Å². The number of halogens is 2. The number of nitrogens with one attached hydrogen (secondary N) is 1. The van der Waals surface area contributed by atoms with Gasteiger partial charge in [-0.05, 0) is 25.5 Å². The number of aryl methyl sites for hydroxylation is 1. The third kappa shape index (κ3) is 6.27. The van der Waals surface area contributed by atoms with E-state index in [0.717, 1.165) is 28.1 Å². The van der Waals surface area contributed by atoms with E-state index in [1.54, 1.807) is 11.3 Å². The van der Waals surface area contributed by atoms with Gasteiger partial charge in [-0.3, -0.25) is 0 Å². The molecule has 1 aromatic carbocycles. The third-order valence-electron chi connectivity index (χ3n) is 3.12. The van der Waals surface area contributed by atoms with Crippen molar-refractivity contribution < 1.29 is 0 Å². The minimum absolute atomic E-state index is 0. The molecular formula is C16H22ClIN4S. The Hall–Kier alpha value is -0.860. The number of thiazole rings is 1. The number of benzene rings is 1. The standard InChI is InChI=1S/C16H21ClN4S.HI/c1-4-18-16(20-10-14-9-19-12(2)22-14)21(3)11-13-7-5-6-8-15(13)17;/h5-9H,4,10-11H2,1-3H3,(H,18,20);1H. The van der Waals surface area contributed by atoms with Gasteiger partial charge >= 0.3 is 0 Å². The van der Waals surface area contributed by atoms with Crippen molar-refractivity contribution in [1.82, 2.24) is 15.2 Å². The molecule has 4 nitrogen and oxygen atoms in total. The molecule has 0 radical (unpaired) electrons. The third-order valence-corrected chi connectivity index (χ3v) is 4.38. The van der Waals surface area contributed by atoms with Crippen molar-refractivity contribution in [1.29, 1.82) is 0 Å². The first kappa shape index (κ1) is 20.2. The number of hydrogen-bond acceptors (Lipinski definition) is 3. The summed E-state index contributed by atoms with van der Waals surface area (Å²) in [5.41, 5.74) is 1.09. The van der Waals surface area contributed by atoms with Crippen LogP contribution in [0.4, 0.5) is 0 Å². The fourth-order valence-electron chi connectivity index (χ4n) is 2.06. The Morgan fingerprint density at radius 3 is 2.74 bits per heavy atom. The Labute approximate surface area is 164 Å². The van der Waals surface area contributed by atoms with Crippen LogP contribution >= 0.6 is 46.9 Å². The summed E-state index contributed by atoms with van der Waals surface area (Å²) in [7, 11) is 2.02. The zero-order valence-electron chi connectivity index (χ0n) is 13.5. The quantitative estimate of drug-likeness (QED) is 0.407. The van der Waals surface area contributed by atoms with Gasteiger partial charge in [-0.1, -0.05) is 29.8 Å². The van der Waals surface area contributed by atoms with Crippen LogP contribution in [-0.2, 0) is 13.1 Å². The molecule has 0 unspecified atom stereocenters. The largest absolute Gasteiger partial charge is 0.357 e. The highest BCUT2D eigenvalue weighted by Crippen LogP contribution is 2.17. The summed E-state index contributed by atoms with van der Waals surface area (Å²) in [5.74, 6) is 0.869. The van der Waals surface area contributed by atoms with Gasteiger partial charge in [0.2, 0.25) is 0 Å². The van der Waals surface area contributed by atoms with Gasteiger partial charge < -0.3 is 10.2 Å². The molecule has 1 N–H and O–H groups in total. The van der Waals surface area contributed by atoms with E-state index in [9.17, 15) is 0 Å². The highest BCUT2D eigenvalue weighted by Gasteiger charge is 2.09. The molecule has 1 aromatic heterocycles. The lowest BCUT2D eigenvalue weighted by Gasteiger charge is -2.22. The van der Waals surface area contributed by atoms with Crippen LogP contribution in [0.1, 0.15) is 22.4 Å². The van der Waals surface area contributed by atoms with Crippen LogP contribution in [0.2, 0.25) is 5.02 Å². The average Bonchev–Trinajstić information content (AvgIpc) is 2.91. The van der Waals surface area contributed by atoms with Gasteiger partial charge in [-0.15, -0.1) is 35.3 Å². The molecule has 23 heavy (non-hydrogen) atoms. The Morgan fingerprint density at radius 2 is 2.13 bits per heavy atom. The predicted molar refractivity (Wildman–Crippen MR) is 110 cm³/mol. The zero-order valence-corrected chi connectivity index (χ0v) is 17.4. The molecule has 0 aliphatic rings. The van der Waals surface area contributed by atoms with E-state index in [4.69, 9.17) is 11.6 Å². The highest BCUT2D eigenvalue weighted by molar-refractivity contribution is 14.0. The van der Waals surface area contributed by atoms with Gasteiger partial charge in [0, 0.05) is 36.2 Å². The summed E-state index contributed by atoms with van der Waals surface area (Å²) >= 11 is 7.91. The highest BCUT2D eigenvalue weighted by atomic mass is 127. The monoisotopic (exact) mass is 464 g/mol. The molecule has 7 heteroatoms. The Bertz CT molecular complexity index is 645. The normalized spacial score (nSPS) is 11.0. The van der Waals surface area contributed by atoms with Gasteiger partial charge in [0.15, 0.2) is 5.96 Å². The lowest BCUT2D eigenvalue weighted by atomic mass is 10.2. The summed E-state index contributed by atoms with van der Waals surface area (Å²) in [6, 6.07) is 7.89. The first-order valence-corrected chi connectivity index (χ1v) is 8.43. The van der Waals surface area contributed by atoms with Crippen molar-refractivity contribution in [3.63, 3.8) is 0 Å². The van der Waals surface area contributed by atoms with E-state index in [0.29, 0.717) is 13.1 Å². The molecule has 0 bridgehead atoms. The maximum Gasteiger partial charge on any atom is 0.194 e. The summed E-state index contributed by atoms with van der Waals surface area (Å²) in [5, 5.41) is 5.17. The van der Waals surface area contributed by atoms with Gasteiger partial charge in [-0.25, -0.2) is 9.98 Å². The fourth-order valence-corrected chi connectivity index (χ4v) is 2.97. The molecule has 0 aliphatic heterocycles. The second-order valence-corrected chi connectivity index (χ2v) is 6.69. The van der Waals surface area contributed by atoms with E-state index < -0.39 is 0 Å². The number of rotatable bonds is 5. The first-order valence-electron chi connectivity index (χ1n) is 7.24. The Morgan fingerprint density at radius 1 is 1.39 bits per heavy atom. The molecule has 0 saturated carbocycles. The molecule has 0 fully saturated rings. The van der Waals surface area contributed by atoms with E-state index in [1.807, 2.05) is 44.4 Å². The number of aliphatic imine (C=N–C) groups is 1. The zero-order chi connectivity index (χ0) is 15.9. The average molecular weight is 465 g/mol. The summed E-state index contributed by atoms with van der Waals surface area (Å²) < 4.78 is 0. The maximum absolute atomic E-state index is 6.23. The van der Waals surface area contributed by atoms with Crippen LogP contribution in [-0.4, -0.2) is 29.4 Å². The topological polar surface area (TPSA) is 40.5 Å². The van der Waals surface area contributed by atoms with Gasteiger partial charge in [0.05, 0.1) is 11.6 Å². The molecule has 0 saturated heterocycles. The first-order chi connectivity index (χ1) is 10.6. The molecular weight excluding hydrogens is 443 g/mol. The maximum atomic E-state index is 6.23. The summed E-state index contributed by atoms with van der Waals surface area (Å²) in [6.07, 6.45) is 1.89. The fraction of sp³-hybridized carbons (Fsp3) is 0.375. The molecule has 0 spiro atoms. The predicted octanol–water partition coefficient (Wildman–Crippen LogP) is 4.32. The molecule has 126 valence electrons. The van der Waals surface area contributed by atoms with E-state index in [-0.39, 0.29) is 24.0 Å². The summed E-state index contributed by atoms with van der Waals surface area (Å²) in [4.78, 5) is 12.2. The van der Waals surface area contributed by atoms with Crippen molar-refractivity contribution in [3.05, 3.63) is 50.9 Å². The van der Waals surface area contributed by atoms with Crippen LogP contribution in [0.15, 0.2) is 35.5 Å².